The Hall–Kier alpha value is -1.08. The van der Waals surface area contributed by atoms with Crippen molar-refractivity contribution in [2.24, 2.45) is 5.92 Å². The van der Waals surface area contributed by atoms with Crippen LogP contribution in [0.5, 0.6) is 0 Å². The molecule has 1 aliphatic rings. The fourth-order valence-corrected chi connectivity index (χ4v) is 5.82. The Morgan fingerprint density at radius 3 is 2.57 bits per heavy atom. The quantitative estimate of drug-likeness (QED) is 0.359. The van der Waals surface area contributed by atoms with Crippen LogP contribution in [0.1, 0.15) is 91.7 Å². The fourth-order valence-electron chi connectivity index (χ4n) is 3.56. The summed E-state index contributed by atoms with van der Waals surface area (Å²) in [5, 5.41) is 5.02. The minimum atomic E-state index is -0.699. The molecule has 1 N–H and O–H groups in total. The number of thiazole rings is 1. The maximum atomic E-state index is 12.4. The van der Waals surface area contributed by atoms with Gasteiger partial charge < -0.3 is 10.1 Å². The van der Waals surface area contributed by atoms with Crippen molar-refractivity contribution in [1.82, 2.24) is 10.3 Å². The smallest absolute Gasteiger partial charge is 0.322 e. The number of thioether (sulfide) groups is 1. The van der Waals surface area contributed by atoms with Crippen LogP contribution in [-0.4, -0.2) is 33.8 Å². The van der Waals surface area contributed by atoms with Gasteiger partial charge in [-0.15, -0.1) is 11.3 Å². The number of rotatable bonds is 10. The first-order valence-electron chi connectivity index (χ1n) is 11.2. The van der Waals surface area contributed by atoms with Gasteiger partial charge in [-0.05, 0) is 53.4 Å². The molecule has 1 fully saturated rings. The van der Waals surface area contributed by atoms with Crippen LogP contribution < -0.4 is 5.32 Å². The minimum Gasteiger partial charge on any atom is -0.459 e. The summed E-state index contributed by atoms with van der Waals surface area (Å²) in [6, 6.07) is 0. The molecule has 1 aromatic heterocycles. The summed E-state index contributed by atoms with van der Waals surface area (Å²) in [7, 11) is 0. The van der Waals surface area contributed by atoms with Crippen molar-refractivity contribution in [3.05, 3.63) is 11.1 Å². The Labute approximate surface area is 190 Å². The first kappa shape index (κ1) is 25.2. The van der Waals surface area contributed by atoms with E-state index in [1.54, 1.807) is 0 Å². The van der Waals surface area contributed by atoms with Crippen LogP contribution in [0.2, 0.25) is 0 Å². The molecule has 2 rings (SSSR count). The minimum absolute atomic E-state index is 0.140. The van der Waals surface area contributed by atoms with Crippen LogP contribution >= 0.6 is 23.1 Å². The van der Waals surface area contributed by atoms with Crippen molar-refractivity contribution in [2.75, 3.05) is 6.54 Å². The molecule has 30 heavy (non-hydrogen) atoms. The second-order valence-corrected chi connectivity index (χ2v) is 12.4. The lowest BCUT2D eigenvalue weighted by atomic mass is 9.86. The molecule has 0 spiro atoms. The van der Waals surface area contributed by atoms with Crippen molar-refractivity contribution < 1.29 is 14.3 Å². The van der Waals surface area contributed by atoms with E-state index in [4.69, 9.17) is 4.74 Å². The highest BCUT2D eigenvalue weighted by Gasteiger charge is 2.34. The zero-order valence-electron chi connectivity index (χ0n) is 19.2. The number of hydrogen-bond donors (Lipinski definition) is 1. The third-order valence-corrected chi connectivity index (χ3v) is 7.37. The maximum Gasteiger partial charge on any atom is 0.322 e. The predicted octanol–water partition coefficient (Wildman–Crippen LogP) is 5.76. The Bertz CT molecular complexity index is 689. The molecule has 5 nitrogen and oxygen atoms in total. The van der Waals surface area contributed by atoms with E-state index in [1.807, 2.05) is 40.0 Å². The van der Waals surface area contributed by atoms with Gasteiger partial charge in [0.05, 0.1) is 5.69 Å². The van der Waals surface area contributed by atoms with E-state index >= 15 is 0 Å². The molecular weight excluding hydrogens is 416 g/mol. The summed E-state index contributed by atoms with van der Waals surface area (Å²) in [6.07, 6.45) is 10.3. The molecule has 0 saturated heterocycles. The Kier molecular flexibility index (Phi) is 9.67. The van der Waals surface area contributed by atoms with Crippen molar-refractivity contribution in [2.45, 2.75) is 107 Å². The van der Waals surface area contributed by atoms with E-state index in [-0.39, 0.29) is 11.9 Å². The summed E-state index contributed by atoms with van der Waals surface area (Å²) < 4.78 is 5.66. The van der Waals surface area contributed by atoms with E-state index in [9.17, 15) is 9.59 Å². The fraction of sp³-hybridized carbons (Fsp3) is 0.783. The molecule has 1 saturated carbocycles. The molecule has 1 heterocycles. The highest BCUT2D eigenvalue weighted by atomic mass is 32.2. The second-order valence-electron chi connectivity index (χ2n) is 9.72. The van der Waals surface area contributed by atoms with E-state index in [2.05, 4.69) is 10.3 Å². The van der Waals surface area contributed by atoms with Gasteiger partial charge in [-0.3, -0.25) is 9.59 Å². The lowest BCUT2D eigenvalue weighted by Crippen LogP contribution is -2.36. The molecule has 1 aliphatic carbocycles. The van der Waals surface area contributed by atoms with Gasteiger partial charge in [-0.2, -0.15) is 0 Å². The van der Waals surface area contributed by atoms with E-state index < -0.39 is 10.3 Å². The molecule has 7 heteroatoms. The van der Waals surface area contributed by atoms with Crippen molar-refractivity contribution in [1.29, 1.82) is 0 Å². The highest BCUT2D eigenvalue weighted by Crippen LogP contribution is 2.36. The third kappa shape index (κ3) is 9.38. The molecule has 0 aromatic carbocycles. The lowest BCUT2D eigenvalue weighted by Gasteiger charge is -2.27. The second kappa shape index (κ2) is 11.5. The Morgan fingerprint density at radius 1 is 1.20 bits per heavy atom. The topological polar surface area (TPSA) is 68.3 Å². The van der Waals surface area contributed by atoms with Gasteiger partial charge in [0.25, 0.3) is 0 Å². The van der Waals surface area contributed by atoms with Crippen LogP contribution in [-0.2, 0) is 20.7 Å². The van der Waals surface area contributed by atoms with Gasteiger partial charge in [0.15, 0.2) is 4.34 Å². The molecular formula is C23H38N2O3S2. The van der Waals surface area contributed by atoms with Crippen LogP contribution in [0.15, 0.2) is 9.72 Å². The molecule has 0 atom stereocenters. The van der Waals surface area contributed by atoms with E-state index in [0.29, 0.717) is 19.4 Å². The number of amides is 1. The lowest BCUT2D eigenvalue weighted by molar-refractivity contribution is -0.156. The number of ether oxygens (including phenoxy) is 1. The molecule has 0 radical (unpaired) electrons. The molecule has 1 amide bonds. The third-order valence-electron chi connectivity index (χ3n) is 5.21. The average molecular weight is 455 g/mol. The zero-order valence-corrected chi connectivity index (χ0v) is 20.8. The van der Waals surface area contributed by atoms with Crippen LogP contribution in [0, 0.1) is 5.92 Å². The molecule has 0 unspecified atom stereocenters. The van der Waals surface area contributed by atoms with Gasteiger partial charge >= 0.3 is 5.97 Å². The standard InChI is InChI=1S/C23H38N2O3S2/c1-22(2,3)28-20(27)23(4,5)30-21-25-18(16-29-21)14-15-24-19(26)13-9-12-17-10-7-6-8-11-17/h16-17H,6-15H2,1-5H3,(H,24,26). The first-order valence-corrected chi connectivity index (χ1v) is 12.9. The van der Waals surface area contributed by atoms with Crippen molar-refractivity contribution in [3.63, 3.8) is 0 Å². The zero-order chi connectivity index (χ0) is 22.2. The number of esters is 1. The SMILES string of the molecule is CC(C)(C)OC(=O)C(C)(C)Sc1nc(CCNC(=O)CCCC2CCCCC2)cs1. The van der Waals surface area contributed by atoms with Gasteiger partial charge in [0.2, 0.25) is 5.91 Å². The number of nitrogens with one attached hydrogen (secondary N) is 1. The van der Waals surface area contributed by atoms with E-state index in [0.717, 1.165) is 22.4 Å². The van der Waals surface area contributed by atoms with Crippen molar-refractivity contribution >= 4 is 35.0 Å². The van der Waals surface area contributed by atoms with Gasteiger partial charge in [0, 0.05) is 24.8 Å². The van der Waals surface area contributed by atoms with Crippen LogP contribution in [0.4, 0.5) is 0 Å². The largest absolute Gasteiger partial charge is 0.459 e. The van der Waals surface area contributed by atoms with Gasteiger partial charge in [-0.25, -0.2) is 4.98 Å². The van der Waals surface area contributed by atoms with Crippen LogP contribution in [0.3, 0.4) is 0 Å². The number of nitrogens with zero attached hydrogens (tertiary/aromatic N) is 1. The van der Waals surface area contributed by atoms with Gasteiger partial charge in [-0.1, -0.05) is 43.9 Å². The monoisotopic (exact) mass is 454 g/mol. The number of hydrogen-bond acceptors (Lipinski definition) is 6. The Morgan fingerprint density at radius 2 is 1.90 bits per heavy atom. The summed E-state index contributed by atoms with van der Waals surface area (Å²) >= 11 is 2.96. The maximum absolute atomic E-state index is 12.4. The summed E-state index contributed by atoms with van der Waals surface area (Å²) in [5.41, 5.74) is 0.447. The van der Waals surface area contributed by atoms with Crippen LogP contribution in [0.25, 0.3) is 0 Å². The average Bonchev–Trinajstić information content (AvgIpc) is 3.07. The Balaban J connectivity index is 1.67. The van der Waals surface area contributed by atoms with Gasteiger partial charge in [0.1, 0.15) is 10.3 Å². The molecule has 170 valence electrons. The van der Waals surface area contributed by atoms with Crippen molar-refractivity contribution in [3.8, 4) is 0 Å². The summed E-state index contributed by atoms with van der Waals surface area (Å²) in [6.45, 7) is 9.94. The molecule has 0 bridgehead atoms. The predicted molar refractivity (Wildman–Crippen MR) is 125 cm³/mol. The first-order chi connectivity index (χ1) is 14.0. The normalized spacial score (nSPS) is 15.8. The highest BCUT2D eigenvalue weighted by molar-refractivity contribution is 8.03. The molecule has 1 aromatic rings. The summed E-state index contributed by atoms with van der Waals surface area (Å²) in [4.78, 5) is 29.1. The number of aromatic nitrogens is 1. The number of carbonyl (C=O) groups is 2. The molecule has 0 aliphatic heterocycles. The van der Waals surface area contributed by atoms with E-state index in [1.165, 1.54) is 61.6 Å². The number of carbonyl (C=O) groups excluding carboxylic acids is 2. The summed E-state index contributed by atoms with van der Waals surface area (Å²) in [5.74, 6) is 0.737.